The number of nitrogen functional groups attached to an aromatic ring is 2. The molecule has 0 heterocycles. The molecule has 0 unspecified atom stereocenters. The SMILES string of the molecule is CCc1c([N+](=O)[O-])cc(C)c(N)c1N. The number of nitro benzene ring substituents is 1. The van der Waals surface area contributed by atoms with Crippen molar-refractivity contribution in [2.24, 2.45) is 0 Å². The molecule has 0 bridgehead atoms. The van der Waals surface area contributed by atoms with Crippen molar-refractivity contribution in [3.8, 4) is 0 Å². The van der Waals surface area contributed by atoms with E-state index in [9.17, 15) is 10.1 Å². The Balaban J connectivity index is 3.51. The molecule has 0 fully saturated rings. The third kappa shape index (κ3) is 1.48. The first-order valence-corrected chi connectivity index (χ1v) is 4.30. The van der Waals surface area contributed by atoms with Gasteiger partial charge in [-0.25, -0.2) is 0 Å². The Bertz CT molecular complexity index is 388. The van der Waals surface area contributed by atoms with Crippen LogP contribution in [0.3, 0.4) is 0 Å². The van der Waals surface area contributed by atoms with Crippen LogP contribution >= 0.6 is 0 Å². The number of aryl methyl sites for hydroxylation is 1. The number of rotatable bonds is 2. The molecule has 1 rings (SSSR count). The minimum atomic E-state index is -0.429. The number of hydrogen-bond acceptors (Lipinski definition) is 4. The molecule has 0 saturated heterocycles. The Morgan fingerprint density at radius 2 is 2.00 bits per heavy atom. The molecule has 0 aromatic heterocycles. The van der Waals surface area contributed by atoms with E-state index in [2.05, 4.69) is 0 Å². The fourth-order valence-corrected chi connectivity index (χ4v) is 1.42. The van der Waals surface area contributed by atoms with Gasteiger partial charge in [0.05, 0.1) is 21.9 Å². The van der Waals surface area contributed by atoms with Crippen molar-refractivity contribution in [1.82, 2.24) is 0 Å². The second-order valence-corrected chi connectivity index (χ2v) is 3.13. The van der Waals surface area contributed by atoms with Crippen molar-refractivity contribution < 1.29 is 4.92 Å². The quantitative estimate of drug-likeness (QED) is 0.426. The summed E-state index contributed by atoms with van der Waals surface area (Å²) >= 11 is 0. The average molecular weight is 195 g/mol. The zero-order valence-corrected chi connectivity index (χ0v) is 8.20. The number of anilines is 2. The predicted octanol–water partition coefficient (Wildman–Crippen LogP) is 1.63. The second kappa shape index (κ2) is 3.53. The molecule has 0 atom stereocenters. The van der Waals surface area contributed by atoms with Crippen molar-refractivity contribution in [3.05, 3.63) is 27.3 Å². The van der Waals surface area contributed by atoms with Gasteiger partial charge in [0.25, 0.3) is 5.69 Å². The van der Waals surface area contributed by atoms with E-state index < -0.39 is 4.92 Å². The highest BCUT2D eigenvalue weighted by molar-refractivity contribution is 5.76. The van der Waals surface area contributed by atoms with Gasteiger partial charge in [-0.15, -0.1) is 0 Å². The lowest BCUT2D eigenvalue weighted by molar-refractivity contribution is -0.385. The second-order valence-electron chi connectivity index (χ2n) is 3.13. The standard InChI is InChI=1S/C9H13N3O2/c1-3-6-7(12(13)14)4-5(2)8(10)9(6)11/h4H,3,10-11H2,1-2H3. The summed E-state index contributed by atoms with van der Waals surface area (Å²) in [4.78, 5) is 10.3. The van der Waals surface area contributed by atoms with Crippen LogP contribution in [-0.2, 0) is 6.42 Å². The molecular weight excluding hydrogens is 182 g/mol. The topological polar surface area (TPSA) is 95.2 Å². The number of nitrogens with zero attached hydrogens (tertiary/aromatic N) is 1. The summed E-state index contributed by atoms with van der Waals surface area (Å²) in [6.45, 7) is 3.52. The van der Waals surface area contributed by atoms with E-state index in [1.165, 1.54) is 6.07 Å². The van der Waals surface area contributed by atoms with Gasteiger partial charge in [-0.05, 0) is 18.9 Å². The van der Waals surface area contributed by atoms with Gasteiger partial charge in [-0.2, -0.15) is 0 Å². The van der Waals surface area contributed by atoms with Crippen LogP contribution in [0.15, 0.2) is 6.07 Å². The number of nitro groups is 1. The van der Waals surface area contributed by atoms with Gasteiger partial charge in [0, 0.05) is 6.07 Å². The molecule has 0 saturated carbocycles. The van der Waals surface area contributed by atoms with Crippen molar-refractivity contribution >= 4 is 17.1 Å². The fourth-order valence-electron chi connectivity index (χ4n) is 1.42. The molecule has 0 radical (unpaired) electrons. The van der Waals surface area contributed by atoms with E-state index in [1.807, 2.05) is 6.92 Å². The predicted molar refractivity (Wildman–Crippen MR) is 56.0 cm³/mol. The third-order valence-electron chi connectivity index (χ3n) is 2.25. The van der Waals surface area contributed by atoms with Crippen molar-refractivity contribution in [2.45, 2.75) is 20.3 Å². The van der Waals surface area contributed by atoms with Crippen LogP contribution in [0.5, 0.6) is 0 Å². The highest BCUT2D eigenvalue weighted by Crippen LogP contribution is 2.32. The minimum absolute atomic E-state index is 0.0525. The van der Waals surface area contributed by atoms with Gasteiger partial charge in [0.1, 0.15) is 0 Å². The molecule has 0 aliphatic carbocycles. The zero-order valence-electron chi connectivity index (χ0n) is 8.20. The lowest BCUT2D eigenvalue weighted by Gasteiger charge is -2.09. The zero-order chi connectivity index (χ0) is 10.9. The van der Waals surface area contributed by atoms with Crippen LogP contribution in [0.2, 0.25) is 0 Å². The van der Waals surface area contributed by atoms with Crippen LogP contribution in [0.25, 0.3) is 0 Å². The molecule has 4 N–H and O–H groups in total. The smallest absolute Gasteiger partial charge is 0.275 e. The van der Waals surface area contributed by atoms with E-state index in [1.54, 1.807) is 6.92 Å². The van der Waals surface area contributed by atoms with E-state index in [-0.39, 0.29) is 5.69 Å². The lowest BCUT2D eigenvalue weighted by Crippen LogP contribution is -2.05. The van der Waals surface area contributed by atoms with E-state index in [4.69, 9.17) is 11.5 Å². The van der Waals surface area contributed by atoms with Crippen molar-refractivity contribution in [3.63, 3.8) is 0 Å². The van der Waals surface area contributed by atoms with E-state index in [0.717, 1.165) is 0 Å². The largest absolute Gasteiger partial charge is 0.397 e. The highest BCUT2D eigenvalue weighted by atomic mass is 16.6. The average Bonchev–Trinajstić information content (AvgIpc) is 2.13. The summed E-state index contributed by atoms with van der Waals surface area (Å²) in [6, 6.07) is 1.46. The molecule has 1 aromatic carbocycles. The van der Waals surface area contributed by atoms with Crippen molar-refractivity contribution in [1.29, 1.82) is 0 Å². The summed E-state index contributed by atoms with van der Waals surface area (Å²) < 4.78 is 0. The maximum Gasteiger partial charge on any atom is 0.275 e. The van der Waals surface area contributed by atoms with E-state index >= 15 is 0 Å². The lowest BCUT2D eigenvalue weighted by atomic mass is 10.0. The fraction of sp³-hybridized carbons (Fsp3) is 0.333. The molecule has 76 valence electrons. The first kappa shape index (κ1) is 10.3. The van der Waals surface area contributed by atoms with Crippen LogP contribution in [0.1, 0.15) is 18.1 Å². The Labute approximate surface area is 81.9 Å². The van der Waals surface area contributed by atoms with Gasteiger partial charge in [0.15, 0.2) is 0 Å². The first-order valence-electron chi connectivity index (χ1n) is 4.30. The molecule has 0 aliphatic heterocycles. The molecule has 0 spiro atoms. The Hall–Kier alpha value is -1.78. The maximum atomic E-state index is 10.7. The minimum Gasteiger partial charge on any atom is -0.397 e. The summed E-state index contributed by atoms with van der Waals surface area (Å²) in [5, 5.41) is 10.7. The summed E-state index contributed by atoms with van der Waals surface area (Å²) in [7, 11) is 0. The highest BCUT2D eigenvalue weighted by Gasteiger charge is 2.18. The Kier molecular flexibility index (Phi) is 2.60. The normalized spacial score (nSPS) is 10.1. The summed E-state index contributed by atoms with van der Waals surface area (Å²) in [5.74, 6) is 0. The third-order valence-corrected chi connectivity index (χ3v) is 2.25. The molecule has 5 heteroatoms. The monoisotopic (exact) mass is 195 g/mol. The molecule has 5 nitrogen and oxygen atoms in total. The molecule has 0 amide bonds. The summed E-state index contributed by atoms with van der Waals surface area (Å²) in [6.07, 6.45) is 0.507. The molecule has 1 aromatic rings. The van der Waals surface area contributed by atoms with Crippen LogP contribution < -0.4 is 11.5 Å². The molecule has 14 heavy (non-hydrogen) atoms. The van der Waals surface area contributed by atoms with Gasteiger partial charge in [-0.3, -0.25) is 10.1 Å². The summed E-state index contributed by atoms with van der Waals surface area (Å²) in [5.41, 5.74) is 13.4. The number of benzene rings is 1. The van der Waals surface area contributed by atoms with Crippen LogP contribution in [0, 0.1) is 17.0 Å². The van der Waals surface area contributed by atoms with Crippen molar-refractivity contribution in [2.75, 3.05) is 11.5 Å². The van der Waals surface area contributed by atoms with Crippen LogP contribution in [-0.4, -0.2) is 4.92 Å². The van der Waals surface area contributed by atoms with Crippen LogP contribution in [0.4, 0.5) is 17.1 Å². The Morgan fingerprint density at radius 3 is 2.43 bits per heavy atom. The maximum absolute atomic E-state index is 10.7. The Morgan fingerprint density at radius 1 is 1.43 bits per heavy atom. The first-order chi connectivity index (χ1) is 6.49. The molecular formula is C9H13N3O2. The van der Waals surface area contributed by atoms with Gasteiger partial charge in [-0.1, -0.05) is 6.92 Å². The molecule has 0 aliphatic rings. The number of hydrogen-bond donors (Lipinski definition) is 2. The van der Waals surface area contributed by atoms with E-state index in [0.29, 0.717) is 28.9 Å². The van der Waals surface area contributed by atoms with Gasteiger partial charge in [0.2, 0.25) is 0 Å². The number of nitrogens with two attached hydrogens (primary N) is 2. The van der Waals surface area contributed by atoms with Gasteiger partial charge >= 0.3 is 0 Å². The van der Waals surface area contributed by atoms with Gasteiger partial charge < -0.3 is 11.5 Å².